The van der Waals surface area contributed by atoms with Gasteiger partial charge in [0.1, 0.15) is 5.72 Å². The molecule has 0 aromatic heterocycles. The molecule has 1 atom stereocenters. The van der Waals surface area contributed by atoms with Crippen molar-refractivity contribution in [2.45, 2.75) is 58.2 Å². The molecule has 0 radical (unpaired) electrons. The van der Waals surface area contributed by atoms with Crippen LogP contribution in [0.3, 0.4) is 0 Å². The van der Waals surface area contributed by atoms with Gasteiger partial charge in [0, 0.05) is 5.56 Å². The number of nitrogens with zero attached hydrogens (tertiary/aromatic N) is 1. The van der Waals surface area contributed by atoms with Crippen molar-refractivity contribution in [2.24, 2.45) is 11.3 Å². The summed E-state index contributed by atoms with van der Waals surface area (Å²) in [6, 6.07) is 7.98. The Hall–Kier alpha value is -1.88. The molecule has 25 heavy (non-hydrogen) atoms. The zero-order valence-electron chi connectivity index (χ0n) is 15.2. The van der Waals surface area contributed by atoms with Crippen LogP contribution in [-0.4, -0.2) is 40.3 Å². The van der Waals surface area contributed by atoms with E-state index in [0.29, 0.717) is 24.3 Å². The minimum absolute atomic E-state index is 0.0636. The lowest BCUT2D eigenvalue weighted by Crippen LogP contribution is -2.55. The lowest BCUT2D eigenvalue weighted by Gasteiger charge is -2.46. The highest BCUT2D eigenvalue weighted by molar-refractivity contribution is 5.97. The maximum Gasteiger partial charge on any atom is 0.328 e. The second-order valence-electron chi connectivity index (χ2n) is 8.29. The molecule has 1 heterocycles. The summed E-state index contributed by atoms with van der Waals surface area (Å²) < 4.78 is 6.00. The lowest BCUT2D eigenvalue weighted by atomic mass is 9.70. The molecule has 1 aliphatic heterocycles. The average molecular weight is 345 g/mol. The second-order valence-corrected chi connectivity index (χ2v) is 8.29. The van der Waals surface area contributed by atoms with Crippen molar-refractivity contribution < 1.29 is 19.4 Å². The number of carboxylic acid groups (broad SMARTS) is 1. The molecule has 1 N–H and O–H groups in total. The van der Waals surface area contributed by atoms with E-state index in [1.54, 1.807) is 24.3 Å². The van der Waals surface area contributed by atoms with Gasteiger partial charge < -0.3 is 9.84 Å². The van der Waals surface area contributed by atoms with Gasteiger partial charge in [-0.3, -0.25) is 9.69 Å². The van der Waals surface area contributed by atoms with Crippen LogP contribution in [0.25, 0.3) is 0 Å². The Morgan fingerprint density at radius 3 is 2.28 bits per heavy atom. The summed E-state index contributed by atoms with van der Waals surface area (Å²) in [4.78, 5) is 26.3. The molecule has 1 aromatic carbocycles. The topological polar surface area (TPSA) is 66.8 Å². The van der Waals surface area contributed by atoms with Gasteiger partial charge in [-0.15, -0.1) is 0 Å². The van der Waals surface area contributed by atoms with Gasteiger partial charge in [0.15, 0.2) is 6.04 Å². The SMILES string of the molecule is CC(C)(C)C1CCC2(CC1)OC[C@H](C(=O)O)N2C(=O)c1ccccc1. The Morgan fingerprint density at radius 2 is 1.76 bits per heavy atom. The van der Waals surface area contributed by atoms with Crippen LogP contribution < -0.4 is 0 Å². The van der Waals surface area contributed by atoms with Crippen molar-refractivity contribution in [3.63, 3.8) is 0 Å². The Kier molecular flexibility index (Phi) is 4.62. The van der Waals surface area contributed by atoms with Crippen LogP contribution in [0.2, 0.25) is 0 Å². The van der Waals surface area contributed by atoms with Crippen molar-refractivity contribution in [1.29, 1.82) is 0 Å². The molecular formula is C20H27NO4. The summed E-state index contributed by atoms with van der Waals surface area (Å²) in [6.07, 6.45) is 3.26. The summed E-state index contributed by atoms with van der Waals surface area (Å²) in [6.45, 7) is 6.77. The number of benzene rings is 1. The fraction of sp³-hybridized carbons (Fsp3) is 0.600. The number of ether oxygens (including phenoxy) is 1. The Bertz CT molecular complexity index is 641. The normalized spacial score (nSPS) is 29.8. The van der Waals surface area contributed by atoms with E-state index in [1.807, 2.05) is 6.07 Å². The summed E-state index contributed by atoms with van der Waals surface area (Å²) in [5.41, 5.74) is -0.0603. The van der Waals surface area contributed by atoms with Gasteiger partial charge in [-0.2, -0.15) is 0 Å². The molecule has 3 rings (SSSR count). The smallest absolute Gasteiger partial charge is 0.328 e. The van der Waals surface area contributed by atoms with E-state index in [4.69, 9.17) is 4.74 Å². The van der Waals surface area contributed by atoms with E-state index in [9.17, 15) is 14.7 Å². The first-order chi connectivity index (χ1) is 11.7. The van der Waals surface area contributed by atoms with Crippen LogP contribution in [0, 0.1) is 11.3 Å². The first-order valence-corrected chi connectivity index (χ1v) is 9.00. The molecule has 2 fully saturated rings. The van der Waals surface area contributed by atoms with Gasteiger partial charge in [0.25, 0.3) is 5.91 Å². The first kappa shape index (κ1) is 17.9. The highest BCUT2D eigenvalue weighted by atomic mass is 16.5. The van der Waals surface area contributed by atoms with E-state index >= 15 is 0 Å². The van der Waals surface area contributed by atoms with Gasteiger partial charge in [-0.05, 0) is 49.1 Å². The molecule has 1 saturated heterocycles. The molecule has 0 bridgehead atoms. The molecule has 1 spiro atoms. The zero-order chi connectivity index (χ0) is 18.2. The minimum Gasteiger partial charge on any atom is -0.480 e. The van der Waals surface area contributed by atoms with Crippen molar-refractivity contribution in [3.8, 4) is 0 Å². The quantitative estimate of drug-likeness (QED) is 0.890. The number of carbonyl (C=O) groups excluding carboxylic acids is 1. The summed E-state index contributed by atoms with van der Waals surface area (Å²) in [5.74, 6) is -0.696. The predicted molar refractivity (Wildman–Crippen MR) is 94.1 cm³/mol. The van der Waals surface area contributed by atoms with Crippen LogP contribution in [0.1, 0.15) is 56.8 Å². The number of rotatable bonds is 2. The maximum atomic E-state index is 13.1. The van der Waals surface area contributed by atoms with Crippen LogP contribution in [-0.2, 0) is 9.53 Å². The van der Waals surface area contributed by atoms with Crippen LogP contribution >= 0.6 is 0 Å². The predicted octanol–water partition coefficient (Wildman–Crippen LogP) is 3.54. The molecule has 1 saturated carbocycles. The highest BCUT2D eigenvalue weighted by Gasteiger charge is 2.54. The van der Waals surface area contributed by atoms with E-state index in [1.165, 1.54) is 4.90 Å². The fourth-order valence-corrected chi connectivity index (χ4v) is 4.21. The standard InChI is InChI=1S/C20H27NO4/c1-19(2,3)15-9-11-20(12-10-15)21(16(13-25-20)18(23)24)17(22)14-7-5-4-6-8-14/h4-8,15-16H,9-13H2,1-3H3,(H,23,24)/t15?,16-,20?/m1/s1. The molecule has 1 aliphatic carbocycles. The molecule has 5 heteroatoms. The van der Waals surface area contributed by atoms with Crippen molar-refractivity contribution in [3.05, 3.63) is 35.9 Å². The van der Waals surface area contributed by atoms with Crippen molar-refractivity contribution >= 4 is 11.9 Å². The van der Waals surface area contributed by atoms with Crippen LogP contribution in [0.5, 0.6) is 0 Å². The maximum absolute atomic E-state index is 13.1. The molecule has 0 unspecified atom stereocenters. The first-order valence-electron chi connectivity index (χ1n) is 9.00. The Labute approximate surface area is 149 Å². The largest absolute Gasteiger partial charge is 0.480 e. The van der Waals surface area contributed by atoms with Gasteiger partial charge in [-0.1, -0.05) is 39.0 Å². The van der Waals surface area contributed by atoms with Crippen molar-refractivity contribution in [2.75, 3.05) is 6.61 Å². The lowest BCUT2D eigenvalue weighted by molar-refractivity contribution is -0.144. The average Bonchev–Trinajstić information content (AvgIpc) is 2.93. The monoisotopic (exact) mass is 345 g/mol. The fourth-order valence-electron chi connectivity index (χ4n) is 4.21. The minimum atomic E-state index is -1.00. The summed E-state index contributed by atoms with van der Waals surface area (Å²) in [5, 5.41) is 9.60. The van der Waals surface area contributed by atoms with Gasteiger partial charge in [0.05, 0.1) is 6.61 Å². The third kappa shape index (κ3) is 3.30. The number of amides is 1. The van der Waals surface area contributed by atoms with E-state index in [2.05, 4.69) is 20.8 Å². The zero-order valence-corrected chi connectivity index (χ0v) is 15.2. The number of hydrogen-bond donors (Lipinski definition) is 1. The number of carboxylic acids is 1. The van der Waals surface area contributed by atoms with E-state index in [0.717, 1.165) is 12.8 Å². The second kappa shape index (κ2) is 6.45. The van der Waals surface area contributed by atoms with E-state index in [-0.39, 0.29) is 17.9 Å². The van der Waals surface area contributed by atoms with Crippen LogP contribution in [0.4, 0.5) is 0 Å². The third-order valence-electron chi connectivity index (χ3n) is 5.78. The number of aliphatic carboxylic acids is 1. The molecule has 2 aliphatic rings. The molecular weight excluding hydrogens is 318 g/mol. The Morgan fingerprint density at radius 1 is 1.16 bits per heavy atom. The number of carbonyl (C=O) groups is 2. The third-order valence-corrected chi connectivity index (χ3v) is 5.78. The highest BCUT2D eigenvalue weighted by Crippen LogP contribution is 2.47. The summed E-state index contributed by atoms with van der Waals surface area (Å²) >= 11 is 0. The van der Waals surface area contributed by atoms with Gasteiger partial charge in [-0.25, -0.2) is 4.79 Å². The Balaban J connectivity index is 1.88. The van der Waals surface area contributed by atoms with Gasteiger partial charge >= 0.3 is 5.97 Å². The van der Waals surface area contributed by atoms with Crippen molar-refractivity contribution in [1.82, 2.24) is 4.90 Å². The van der Waals surface area contributed by atoms with Gasteiger partial charge in [0.2, 0.25) is 0 Å². The molecule has 136 valence electrons. The molecule has 5 nitrogen and oxygen atoms in total. The van der Waals surface area contributed by atoms with Crippen LogP contribution in [0.15, 0.2) is 30.3 Å². The number of hydrogen-bond acceptors (Lipinski definition) is 3. The molecule has 1 aromatic rings. The molecule has 1 amide bonds. The summed E-state index contributed by atoms with van der Waals surface area (Å²) in [7, 11) is 0. The van der Waals surface area contributed by atoms with E-state index < -0.39 is 17.7 Å².